The molecular weight excluding hydrogens is 277 g/mol. The molecule has 0 N–H and O–H groups in total. The highest BCUT2D eigenvalue weighted by Gasteiger charge is 2.38. The van der Waals surface area contributed by atoms with Gasteiger partial charge in [-0.1, -0.05) is 6.07 Å². The quantitative estimate of drug-likeness (QED) is 0.620. The number of alkyl halides is 3. The maximum absolute atomic E-state index is 13.1. The Balaban J connectivity index is 2.45. The summed E-state index contributed by atoms with van der Waals surface area (Å²) in [5, 5.41) is 0. The van der Waals surface area contributed by atoms with Gasteiger partial charge in [0, 0.05) is 5.92 Å². The smallest absolute Gasteiger partial charge is 0.416 e. The van der Waals surface area contributed by atoms with Crippen LogP contribution in [-0.4, -0.2) is 19.0 Å². The lowest BCUT2D eigenvalue weighted by atomic mass is 9.87. The van der Waals surface area contributed by atoms with E-state index in [0.717, 1.165) is 6.07 Å². The summed E-state index contributed by atoms with van der Waals surface area (Å²) < 4.78 is 48.3. The molecule has 0 saturated carbocycles. The van der Waals surface area contributed by atoms with Crippen molar-refractivity contribution in [3.63, 3.8) is 0 Å². The van der Waals surface area contributed by atoms with Gasteiger partial charge >= 0.3 is 18.1 Å². The maximum Gasteiger partial charge on any atom is 0.416 e. The number of benzene rings is 1. The SMILES string of the molecule is COc1ccc(C2CC(=O)OC(=O)C2)c(C(F)(F)F)c1. The molecule has 108 valence electrons. The van der Waals surface area contributed by atoms with Gasteiger partial charge in [0.25, 0.3) is 0 Å². The molecule has 4 nitrogen and oxygen atoms in total. The topological polar surface area (TPSA) is 52.6 Å². The highest BCUT2D eigenvalue weighted by atomic mass is 19.4. The third-order valence-electron chi connectivity index (χ3n) is 3.06. The summed E-state index contributed by atoms with van der Waals surface area (Å²) in [7, 11) is 1.26. The van der Waals surface area contributed by atoms with E-state index in [1.165, 1.54) is 19.2 Å². The number of rotatable bonds is 2. The molecule has 2 rings (SSSR count). The normalized spacial score (nSPS) is 17.0. The number of methoxy groups -OCH3 is 1. The number of hydrogen-bond donors (Lipinski definition) is 0. The van der Waals surface area contributed by atoms with Crippen LogP contribution in [0.4, 0.5) is 13.2 Å². The number of hydrogen-bond acceptors (Lipinski definition) is 4. The summed E-state index contributed by atoms with van der Waals surface area (Å²) in [6, 6.07) is 3.47. The van der Waals surface area contributed by atoms with Gasteiger partial charge in [-0.25, -0.2) is 0 Å². The van der Waals surface area contributed by atoms with Gasteiger partial charge in [0.15, 0.2) is 0 Å². The summed E-state index contributed by atoms with van der Waals surface area (Å²) >= 11 is 0. The molecule has 0 amide bonds. The third kappa shape index (κ3) is 2.92. The van der Waals surface area contributed by atoms with Gasteiger partial charge < -0.3 is 9.47 Å². The lowest BCUT2D eigenvalue weighted by Gasteiger charge is -2.23. The largest absolute Gasteiger partial charge is 0.497 e. The van der Waals surface area contributed by atoms with Crippen molar-refractivity contribution in [1.82, 2.24) is 0 Å². The highest BCUT2D eigenvalue weighted by molar-refractivity contribution is 5.89. The number of halogens is 3. The average molecular weight is 288 g/mol. The van der Waals surface area contributed by atoms with E-state index in [2.05, 4.69) is 4.74 Å². The Kier molecular flexibility index (Phi) is 3.69. The van der Waals surface area contributed by atoms with Crippen LogP contribution in [0.15, 0.2) is 18.2 Å². The fourth-order valence-electron chi connectivity index (χ4n) is 2.17. The van der Waals surface area contributed by atoms with Gasteiger partial charge in [0.1, 0.15) is 5.75 Å². The number of ether oxygens (including phenoxy) is 2. The van der Waals surface area contributed by atoms with Gasteiger partial charge in [-0.05, 0) is 17.7 Å². The molecule has 0 aromatic heterocycles. The van der Waals surface area contributed by atoms with Crippen molar-refractivity contribution in [2.24, 2.45) is 0 Å². The second-order valence-electron chi connectivity index (χ2n) is 4.40. The van der Waals surface area contributed by atoms with Crippen LogP contribution in [0.1, 0.15) is 29.9 Å². The van der Waals surface area contributed by atoms with Crippen LogP contribution >= 0.6 is 0 Å². The van der Waals surface area contributed by atoms with E-state index in [4.69, 9.17) is 4.74 Å². The summed E-state index contributed by atoms with van der Waals surface area (Å²) in [4.78, 5) is 22.4. The average Bonchev–Trinajstić information content (AvgIpc) is 2.35. The predicted molar refractivity (Wildman–Crippen MR) is 61.1 cm³/mol. The van der Waals surface area contributed by atoms with Crippen molar-refractivity contribution in [1.29, 1.82) is 0 Å². The minimum Gasteiger partial charge on any atom is -0.497 e. The molecule has 1 aromatic rings. The van der Waals surface area contributed by atoms with Gasteiger partial charge in [-0.3, -0.25) is 9.59 Å². The lowest BCUT2D eigenvalue weighted by molar-refractivity contribution is -0.164. The highest BCUT2D eigenvalue weighted by Crippen LogP contribution is 2.40. The zero-order valence-electron chi connectivity index (χ0n) is 10.5. The van der Waals surface area contributed by atoms with Crippen molar-refractivity contribution >= 4 is 11.9 Å². The van der Waals surface area contributed by atoms with E-state index < -0.39 is 29.6 Å². The Morgan fingerprint density at radius 1 is 1.20 bits per heavy atom. The van der Waals surface area contributed by atoms with Crippen LogP contribution in [0.2, 0.25) is 0 Å². The first-order valence-electron chi connectivity index (χ1n) is 5.80. The predicted octanol–water partition coefficient (Wildman–Crippen LogP) is 2.66. The van der Waals surface area contributed by atoms with Crippen LogP contribution in [0.5, 0.6) is 5.75 Å². The molecule has 1 fully saturated rings. The molecule has 1 aliphatic heterocycles. The lowest BCUT2D eigenvalue weighted by Crippen LogP contribution is -2.26. The molecule has 0 bridgehead atoms. The van der Waals surface area contributed by atoms with Crippen LogP contribution in [0.3, 0.4) is 0 Å². The van der Waals surface area contributed by atoms with Gasteiger partial charge in [0.05, 0.1) is 25.5 Å². The van der Waals surface area contributed by atoms with E-state index >= 15 is 0 Å². The molecule has 0 unspecified atom stereocenters. The fourth-order valence-corrected chi connectivity index (χ4v) is 2.17. The summed E-state index contributed by atoms with van der Waals surface area (Å²) in [5.74, 6) is -2.39. The van der Waals surface area contributed by atoms with Crippen molar-refractivity contribution < 1.29 is 32.2 Å². The maximum atomic E-state index is 13.1. The molecule has 0 spiro atoms. The Morgan fingerprint density at radius 2 is 1.80 bits per heavy atom. The molecule has 0 aliphatic carbocycles. The molecule has 0 radical (unpaired) electrons. The van der Waals surface area contributed by atoms with E-state index in [9.17, 15) is 22.8 Å². The van der Waals surface area contributed by atoms with Gasteiger partial charge in [0.2, 0.25) is 0 Å². The van der Waals surface area contributed by atoms with E-state index in [0.29, 0.717) is 0 Å². The number of carbonyl (C=O) groups is 2. The second kappa shape index (κ2) is 5.15. The zero-order chi connectivity index (χ0) is 14.9. The monoisotopic (exact) mass is 288 g/mol. The number of cyclic esters (lactones) is 2. The van der Waals surface area contributed by atoms with Crippen molar-refractivity contribution in [3.8, 4) is 5.75 Å². The van der Waals surface area contributed by atoms with Crippen molar-refractivity contribution in [2.45, 2.75) is 24.9 Å². The second-order valence-corrected chi connectivity index (χ2v) is 4.40. The minimum absolute atomic E-state index is 0.0609. The van der Waals surface area contributed by atoms with E-state index in [1.807, 2.05) is 0 Å². The van der Waals surface area contributed by atoms with Crippen LogP contribution in [0.25, 0.3) is 0 Å². The Hall–Kier alpha value is -2.05. The first-order valence-corrected chi connectivity index (χ1v) is 5.80. The number of carbonyl (C=O) groups excluding carboxylic acids is 2. The van der Waals surface area contributed by atoms with Gasteiger partial charge in [-0.2, -0.15) is 13.2 Å². The van der Waals surface area contributed by atoms with E-state index in [1.54, 1.807) is 0 Å². The van der Waals surface area contributed by atoms with Crippen LogP contribution < -0.4 is 4.74 Å². The van der Waals surface area contributed by atoms with Gasteiger partial charge in [-0.15, -0.1) is 0 Å². The Morgan fingerprint density at radius 3 is 2.30 bits per heavy atom. The number of esters is 2. The molecule has 1 saturated heterocycles. The van der Waals surface area contributed by atoms with Crippen LogP contribution in [-0.2, 0) is 20.5 Å². The van der Waals surface area contributed by atoms with Crippen molar-refractivity contribution in [2.75, 3.05) is 7.11 Å². The first-order chi connectivity index (χ1) is 9.31. The van der Waals surface area contributed by atoms with E-state index in [-0.39, 0.29) is 24.2 Å². The molecule has 0 atom stereocenters. The Labute approximate surface area is 112 Å². The molecule has 1 heterocycles. The molecule has 1 aliphatic rings. The standard InChI is InChI=1S/C13H11F3O4/c1-19-8-2-3-9(10(6-8)13(14,15)16)7-4-11(17)20-12(18)5-7/h2-3,6-7H,4-5H2,1H3. The first kappa shape index (κ1) is 14.4. The van der Waals surface area contributed by atoms with Crippen LogP contribution in [0, 0.1) is 0 Å². The third-order valence-corrected chi connectivity index (χ3v) is 3.06. The summed E-state index contributed by atoms with van der Waals surface area (Å²) in [6.45, 7) is 0. The molecule has 7 heteroatoms. The Bertz CT molecular complexity index is 535. The minimum atomic E-state index is -4.59. The molecular formula is C13H11F3O4. The fraction of sp³-hybridized carbons (Fsp3) is 0.385. The summed E-state index contributed by atoms with van der Waals surface area (Å²) in [5.41, 5.74) is -0.993. The molecule has 20 heavy (non-hydrogen) atoms. The molecule has 1 aromatic carbocycles. The summed E-state index contributed by atoms with van der Waals surface area (Å²) in [6.07, 6.45) is -5.09. The van der Waals surface area contributed by atoms with Crippen molar-refractivity contribution in [3.05, 3.63) is 29.3 Å². The zero-order valence-corrected chi connectivity index (χ0v) is 10.5.